The first-order valence-corrected chi connectivity index (χ1v) is 33.6. The standard InChI is InChI=1S/C94H71BN4/c1-93(2,3)70-49-68(50-71(57-70)94(4,5)6)63-44-46-82-87(53-63)99(86-54-64(42-43-65(86)59-96)91-80-38-20-18-34-76(80)77-35-19-21-39-81(77)91)90-56-69(75-33-17-16-32-74(75)62-30-14-9-15-31-62)55-89-92(90)95(82)83-47-45-72(97-84-40-24-22-36-78(84)79-37-23-25-41-85(79)97)58-88(83)98(89)73-51-66(60-26-10-7-11-27-60)48-67(52-73)61-28-12-8-13-29-61/h7-58,91H,1-6H3/i9D,14D,15D,22D,23D,24D,25D,30D,31D,36D,37D,40D,41D. The van der Waals surface area contributed by atoms with Crippen LogP contribution in [0.2, 0.25) is 0 Å². The van der Waals surface area contributed by atoms with Crippen LogP contribution in [0.1, 0.15) is 98.7 Å². The molecule has 2 aliphatic heterocycles. The Balaban J connectivity index is 1.02. The van der Waals surface area contributed by atoms with E-state index in [1.165, 1.54) is 0 Å². The first-order valence-electron chi connectivity index (χ1n) is 40.1. The number of rotatable bonds is 9. The van der Waals surface area contributed by atoms with Crippen molar-refractivity contribution in [2.24, 2.45) is 0 Å². The van der Waals surface area contributed by atoms with Gasteiger partial charge in [0.1, 0.15) is 6.07 Å². The van der Waals surface area contributed by atoms with E-state index in [-0.39, 0.29) is 56.2 Å². The van der Waals surface area contributed by atoms with Crippen LogP contribution in [-0.2, 0) is 10.8 Å². The predicted octanol–water partition coefficient (Wildman–Crippen LogP) is 22.8. The lowest BCUT2D eigenvalue weighted by Gasteiger charge is -2.45. The minimum Gasteiger partial charge on any atom is -0.311 e. The van der Waals surface area contributed by atoms with Crippen molar-refractivity contribution in [2.75, 3.05) is 9.80 Å². The zero-order valence-electron chi connectivity index (χ0n) is 68.5. The summed E-state index contributed by atoms with van der Waals surface area (Å²) in [4.78, 5) is 4.43. The molecule has 14 aromatic carbocycles. The van der Waals surface area contributed by atoms with Crippen molar-refractivity contribution >= 4 is 79.0 Å². The molecule has 1 aromatic heterocycles. The number of fused-ring (bicyclic) bond motifs is 10. The first kappa shape index (κ1) is 47.0. The van der Waals surface area contributed by atoms with Gasteiger partial charge in [0.2, 0.25) is 0 Å². The van der Waals surface area contributed by atoms with E-state index in [0.29, 0.717) is 56.4 Å². The number of para-hydroxylation sites is 2. The number of nitrogens with zero attached hydrogens (tertiary/aromatic N) is 4. The van der Waals surface area contributed by atoms with E-state index in [0.717, 1.165) is 94.4 Å². The highest BCUT2D eigenvalue weighted by molar-refractivity contribution is 7.00. The molecular formula is C94H71BN4. The third-order valence-electron chi connectivity index (χ3n) is 20.3. The van der Waals surface area contributed by atoms with Crippen molar-refractivity contribution in [3.05, 3.63) is 349 Å². The third-order valence-corrected chi connectivity index (χ3v) is 20.3. The lowest BCUT2D eigenvalue weighted by molar-refractivity contribution is 0.569. The molecule has 0 saturated carbocycles. The molecule has 0 spiro atoms. The highest BCUT2D eigenvalue weighted by Gasteiger charge is 2.45. The van der Waals surface area contributed by atoms with E-state index in [2.05, 4.69) is 209 Å². The van der Waals surface area contributed by atoms with Crippen LogP contribution in [-0.4, -0.2) is 11.3 Å². The summed E-state index contributed by atoms with van der Waals surface area (Å²) in [5.74, 6) is -0.245. The van der Waals surface area contributed by atoms with Crippen molar-refractivity contribution in [2.45, 2.75) is 58.3 Å². The zero-order valence-corrected chi connectivity index (χ0v) is 55.5. The molecule has 3 heterocycles. The maximum absolute atomic E-state index is 12.0. The molecule has 0 saturated heterocycles. The number of hydrogen-bond acceptors (Lipinski definition) is 3. The molecule has 470 valence electrons. The van der Waals surface area contributed by atoms with Crippen LogP contribution in [0.3, 0.4) is 0 Å². The molecule has 4 nitrogen and oxygen atoms in total. The van der Waals surface area contributed by atoms with Crippen LogP contribution >= 0.6 is 0 Å². The smallest absolute Gasteiger partial charge is 0.252 e. The lowest BCUT2D eigenvalue weighted by Crippen LogP contribution is -2.61. The molecule has 18 rings (SSSR count). The minimum absolute atomic E-state index is 0.00146. The van der Waals surface area contributed by atoms with E-state index in [9.17, 15) is 16.2 Å². The molecular weight excluding hydrogens is 1200 g/mol. The molecule has 0 N–H and O–H groups in total. The monoisotopic (exact) mass is 1280 g/mol. The quantitative estimate of drug-likeness (QED) is 0.135. The fourth-order valence-electron chi connectivity index (χ4n) is 15.5. The maximum Gasteiger partial charge on any atom is 0.252 e. The Morgan fingerprint density at radius 1 is 0.364 bits per heavy atom. The minimum atomic E-state index is -0.678. The van der Waals surface area contributed by atoms with Crippen molar-refractivity contribution < 1.29 is 17.8 Å². The summed E-state index contributed by atoms with van der Waals surface area (Å²) in [6, 6.07) is 77.0. The highest BCUT2D eigenvalue weighted by atomic mass is 15.2. The molecule has 15 aromatic rings. The molecule has 3 aliphatic rings. The van der Waals surface area contributed by atoms with Gasteiger partial charge in [-0.3, -0.25) is 0 Å². The third kappa shape index (κ3) is 9.88. The van der Waals surface area contributed by atoms with Crippen LogP contribution in [0.5, 0.6) is 0 Å². The van der Waals surface area contributed by atoms with Gasteiger partial charge in [0, 0.05) is 50.8 Å². The van der Waals surface area contributed by atoms with E-state index >= 15 is 0 Å². The van der Waals surface area contributed by atoms with Crippen molar-refractivity contribution in [3.63, 3.8) is 0 Å². The number of nitriles is 1. The number of anilines is 6. The van der Waals surface area contributed by atoms with Crippen molar-refractivity contribution in [3.8, 4) is 78.5 Å². The molecule has 99 heavy (non-hydrogen) atoms. The highest BCUT2D eigenvalue weighted by Crippen LogP contribution is 2.53. The topological polar surface area (TPSA) is 35.2 Å². The number of hydrogen-bond donors (Lipinski definition) is 0. The molecule has 0 fully saturated rings. The molecule has 0 unspecified atom stereocenters. The second-order valence-electron chi connectivity index (χ2n) is 28.2. The average Bonchev–Trinajstić information content (AvgIpc) is 0.773. The summed E-state index contributed by atoms with van der Waals surface area (Å²) in [5.41, 5.74) is 21.1. The summed E-state index contributed by atoms with van der Waals surface area (Å²) < 4.78 is 123. The Morgan fingerprint density at radius 3 is 1.44 bits per heavy atom. The summed E-state index contributed by atoms with van der Waals surface area (Å²) >= 11 is 0. The Labute approximate surface area is 599 Å². The predicted molar refractivity (Wildman–Crippen MR) is 417 cm³/mol. The van der Waals surface area contributed by atoms with Crippen LogP contribution in [0.4, 0.5) is 34.1 Å². The number of aromatic nitrogens is 1. The van der Waals surface area contributed by atoms with Gasteiger partial charge in [-0.05, 0) is 195 Å². The van der Waals surface area contributed by atoms with Gasteiger partial charge in [-0.2, -0.15) is 5.26 Å². The normalized spacial score (nSPS) is 14.9. The maximum atomic E-state index is 12.0. The van der Waals surface area contributed by atoms with Gasteiger partial charge in [0.25, 0.3) is 6.71 Å². The average molecular weight is 1280 g/mol. The molecule has 0 radical (unpaired) electrons. The Kier molecular flexibility index (Phi) is 11.0. The van der Waals surface area contributed by atoms with Crippen LogP contribution < -0.4 is 26.2 Å². The van der Waals surface area contributed by atoms with Crippen LogP contribution in [0.25, 0.3) is 94.3 Å². The van der Waals surface area contributed by atoms with Gasteiger partial charge in [-0.25, -0.2) is 0 Å². The Morgan fingerprint density at radius 2 is 0.859 bits per heavy atom. The van der Waals surface area contributed by atoms with Crippen molar-refractivity contribution in [1.82, 2.24) is 4.57 Å². The second-order valence-corrected chi connectivity index (χ2v) is 28.2. The Bertz CT molecular complexity index is 6390. The van der Waals surface area contributed by atoms with Gasteiger partial charge in [0.15, 0.2) is 0 Å². The summed E-state index contributed by atoms with van der Waals surface area (Å²) in [7, 11) is 0. The van der Waals surface area contributed by atoms with E-state index in [4.69, 9.17) is 6.85 Å². The molecule has 0 bridgehead atoms. The summed E-state index contributed by atoms with van der Waals surface area (Å²) in [6.07, 6.45) is 0. The van der Waals surface area contributed by atoms with Crippen LogP contribution in [0.15, 0.2) is 315 Å². The zero-order chi connectivity index (χ0) is 78.2. The second kappa shape index (κ2) is 23.1. The van der Waals surface area contributed by atoms with Gasteiger partial charge in [-0.1, -0.05) is 284 Å². The fourth-order valence-corrected chi connectivity index (χ4v) is 15.5. The fraction of sp³-hybridized carbons (Fsp3) is 0.0957. The Hall–Kier alpha value is -12.0. The molecule has 1 aliphatic carbocycles. The van der Waals surface area contributed by atoms with Gasteiger partial charge in [-0.15, -0.1) is 0 Å². The van der Waals surface area contributed by atoms with Crippen LogP contribution in [0, 0.1) is 11.3 Å². The summed E-state index contributed by atoms with van der Waals surface area (Å²) in [6.45, 7) is 12.7. The number of benzene rings is 14. The first-order chi connectivity index (χ1) is 53.7. The SMILES string of the molecule is [2H]c1c([2H])c([2H])c(-c2ccccc2-c2cc3c4c(c2)N(c2cc(C5c6ccccc6-c6ccccc65)ccc2C#N)c2cc(-c5cc(C(C)(C)C)cc(C(C)(C)C)c5)ccc2B4c2ccc(-n4c5c([2H])c([2H])c([2H])c([2H])c5c5c([2H])c([2H])c([2H])c([2H])c54)cc2N3c2cc(-c3ccccc3)cc(-c3ccccc3)c2)c([2H])c1[2H]. The molecule has 0 atom stereocenters. The van der Waals surface area contributed by atoms with E-state index in [1.807, 2.05) is 72.8 Å². The van der Waals surface area contributed by atoms with Gasteiger partial charge < -0.3 is 14.4 Å². The lowest BCUT2D eigenvalue weighted by atomic mass is 9.33. The molecule has 5 heteroatoms. The van der Waals surface area contributed by atoms with E-state index < -0.39 is 73.2 Å². The van der Waals surface area contributed by atoms with Crippen molar-refractivity contribution in [1.29, 1.82) is 5.26 Å². The van der Waals surface area contributed by atoms with Gasteiger partial charge in [0.05, 0.1) is 40.1 Å². The largest absolute Gasteiger partial charge is 0.311 e. The molecule has 0 amide bonds. The summed E-state index contributed by atoms with van der Waals surface area (Å²) in [5, 5.41) is 11.9. The van der Waals surface area contributed by atoms with Gasteiger partial charge >= 0.3 is 0 Å². The van der Waals surface area contributed by atoms with E-state index in [1.54, 1.807) is 16.7 Å².